The Hall–Kier alpha value is -6.96. The fraction of sp³-hybridized carbons (Fsp3) is 0. The topological polar surface area (TPSA) is 13.1 Å². The molecule has 0 unspecified atom stereocenters. The molecule has 0 aliphatic carbocycles. The maximum absolute atomic E-state index is 10.1. The lowest BCUT2D eigenvalue weighted by Crippen LogP contribution is -1.92. The van der Waals surface area contributed by atoms with Gasteiger partial charge in [0.25, 0.3) is 0 Å². The Labute approximate surface area is 330 Å². The molecule has 1 heteroatoms. The average molecular weight is 690 g/mol. The van der Waals surface area contributed by atoms with Crippen molar-refractivity contribution in [3.63, 3.8) is 0 Å². The molecule has 1 aromatic heterocycles. The summed E-state index contributed by atoms with van der Waals surface area (Å²) in [4.78, 5) is 0. The largest absolute Gasteiger partial charge is 0.455 e. The third-order valence-electron chi connectivity index (χ3n) is 9.72. The Morgan fingerprint density at radius 1 is 0.358 bits per heavy atom. The lowest BCUT2D eigenvalue weighted by molar-refractivity contribution is 0.670. The molecule has 0 aliphatic heterocycles. The number of benzene rings is 10. The molecule has 0 N–H and O–H groups in total. The van der Waals surface area contributed by atoms with E-state index >= 15 is 0 Å². The second-order valence-electron chi connectivity index (χ2n) is 12.7. The van der Waals surface area contributed by atoms with Gasteiger partial charge in [-0.1, -0.05) is 170 Å². The summed E-state index contributed by atoms with van der Waals surface area (Å²) < 4.78 is 160. The Balaban J connectivity index is 1.28. The summed E-state index contributed by atoms with van der Waals surface area (Å²) in [5.74, 6) is 0. The van der Waals surface area contributed by atoms with Crippen LogP contribution >= 0.6 is 0 Å². The van der Waals surface area contributed by atoms with E-state index in [-0.39, 0.29) is 27.1 Å². The highest BCUT2D eigenvalue weighted by atomic mass is 16.3. The average Bonchev–Trinajstić information content (AvgIpc) is 3.77. The highest BCUT2D eigenvalue weighted by molar-refractivity contribution is 6.24. The van der Waals surface area contributed by atoms with E-state index in [1.54, 1.807) is 0 Å². The van der Waals surface area contributed by atoms with Crippen LogP contribution in [-0.2, 0) is 0 Å². The molecule has 0 spiro atoms. The molecule has 53 heavy (non-hydrogen) atoms. The van der Waals surface area contributed by atoms with Crippen LogP contribution in [0.1, 0.15) is 23.3 Å². The van der Waals surface area contributed by atoms with Crippen LogP contribution in [0.2, 0.25) is 0 Å². The van der Waals surface area contributed by atoms with Gasteiger partial charge >= 0.3 is 0 Å². The van der Waals surface area contributed by atoms with Gasteiger partial charge in [-0.3, -0.25) is 0 Å². The predicted molar refractivity (Wildman–Crippen MR) is 225 cm³/mol. The zero-order valence-electron chi connectivity index (χ0n) is 44.6. The van der Waals surface area contributed by atoms with Gasteiger partial charge < -0.3 is 4.42 Å². The molecule has 0 saturated carbocycles. The first-order valence-corrected chi connectivity index (χ1v) is 16.9. The molecule has 11 rings (SSSR count). The quantitative estimate of drug-likeness (QED) is 0.168. The van der Waals surface area contributed by atoms with Crippen LogP contribution in [0, 0.1) is 0 Å². The van der Waals surface area contributed by atoms with E-state index in [0.717, 1.165) is 32.7 Å². The van der Waals surface area contributed by atoms with E-state index in [2.05, 4.69) is 6.07 Å². The molecule has 1 heterocycles. The second-order valence-corrected chi connectivity index (χ2v) is 12.7. The summed E-state index contributed by atoms with van der Waals surface area (Å²) in [5, 5.41) is 3.62. The zero-order chi connectivity index (χ0) is 49.7. The number of hydrogen-bond donors (Lipinski definition) is 0. The molecule has 0 aliphatic rings. The van der Waals surface area contributed by atoms with Gasteiger partial charge in [-0.15, -0.1) is 0 Å². The summed E-state index contributed by atoms with van der Waals surface area (Å²) in [7, 11) is 0. The van der Waals surface area contributed by atoms with Crippen molar-refractivity contribution >= 4 is 65.0 Å². The highest BCUT2D eigenvalue weighted by Crippen LogP contribution is 2.46. The van der Waals surface area contributed by atoms with E-state index < -0.39 is 136 Å². The standard InChI is InChI=1S/C52H32O/c1-2-12-33(13-3-1)37-28-29-41-47-23-11-21-40(52(47)53-49(41)32-37)38-26-25-35-16-10-22-46(48(35)31-38)51-44-19-8-6-17-42(44)50(43-18-7-9-20-45(43)51)39-27-24-34-14-4-5-15-36(34)30-39/h1-32H/i1D,2D,3D,10D,11D,12D,13D,16D,21D,22D,23D,25D,26D,28D,29D,31D,32D. The van der Waals surface area contributed by atoms with Crippen molar-refractivity contribution in [3.8, 4) is 44.5 Å². The Kier molecular flexibility index (Phi) is 3.90. The number of para-hydroxylation sites is 1. The first kappa shape index (κ1) is 17.5. The van der Waals surface area contributed by atoms with Crippen molar-refractivity contribution in [2.75, 3.05) is 0 Å². The first-order chi connectivity index (χ1) is 33.4. The van der Waals surface area contributed by atoms with E-state index in [0.29, 0.717) is 16.3 Å². The fourth-order valence-electron chi connectivity index (χ4n) is 7.36. The second kappa shape index (κ2) is 11.8. The smallest absolute Gasteiger partial charge is 0.143 e. The molecule has 246 valence electrons. The molecule has 10 aromatic carbocycles. The Morgan fingerprint density at radius 3 is 1.83 bits per heavy atom. The van der Waals surface area contributed by atoms with Crippen LogP contribution in [0.5, 0.6) is 0 Å². The first-order valence-electron chi connectivity index (χ1n) is 25.4. The molecule has 11 aromatic rings. The third kappa shape index (κ3) is 4.71. The van der Waals surface area contributed by atoms with Gasteiger partial charge in [0.05, 0.1) is 23.3 Å². The van der Waals surface area contributed by atoms with Crippen molar-refractivity contribution in [1.82, 2.24) is 0 Å². The number of rotatable bonds is 4. The lowest BCUT2D eigenvalue weighted by atomic mass is 9.84. The lowest BCUT2D eigenvalue weighted by Gasteiger charge is -2.19. The van der Waals surface area contributed by atoms with Crippen LogP contribution in [0.3, 0.4) is 0 Å². The number of fused-ring (bicyclic) bond motifs is 7. The van der Waals surface area contributed by atoms with Gasteiger partial charge in [0.1, 0.15) is 11.2 Å². The van der Waals surface area contributed by atoms with Gasteiger partial charge in [0, 0.05) is 16.3 Å². The molecule has 0 atom stereocenters. The molecule has 0 saturated heterocycles. The van der Waals surface area contributed by atoms with Crippen LogP contribution < -0.4 is 0 Å². The van der Waals surface area contributed by atoms with Gasteiger partial charge in [0.15, 0.2) is 0 Å². The fourth-order valence-corrected chi connectivity index (χ4v) is 7.36. The minimum Gasteiger partial charge on any atom is -0.455 e. The van der Waals surface area contributed by atoms with Crippen LogP contribution in [-0.4, -0.2) is 0 Å². The van der Waals surface area contributed by atoms with E-state index in [4.69, 9.17) is 18.1 Å². The molecule has 0 amide bonds. The van der Waals surface area contributed by atoms with E-state index in [9.17, 15) is 9.60 Å². The summed E-state index contributed by atoms with van der Waals surface area (Å²) in [5.41, 5.74) is -0.842. The van der Waals surface area contributed by atoms with Crippen LogP contribution in [0.15, 0.2) is 198 Å². The monoisotopic (exact) mass is 689 g/mol. The Bertz CT molecular complexity index is 4130. The van der Waals surface area contributed by atoms with Gasteiger partial charge in [-0.05, 0) is 106 Å². The zero-order valence-corrected chi connectivity index (χ0v) is 27.6. The predicted octanol–water partition coefficient (Wildman–Crippen LogP) is 14.9. The van der Waals surface area contributed by atoms with Crippen molar-refractivity contribution < 1.29 is 27.7 Å². The number of hydrogen-bond acceptors (Lipinski definition) is 1. The number of furan rings is 1. The summed E-state index contributed by atoms with van der Waals surface area (Å²) in [6.07, 6.45) is 0. The Morgan fingerprint density at radius 2 is 1.04 bits per heavy atom. The van der Waals surface area contributed by atoms with Gasteiger partial charge in [0.2, 0.25) is 0 Å². The summed E-state index contributed by atoms with van der Waals surface area (Å²) in [6, 6.07) is 17.5. The van der Waals surface area contributed by atoms with E-state index in [1.807, 2.05) is 84.9 Å². The van der Waals surface area contributed by atoms with Crippen LogP contribution in [0.4, 0.5) is 0 Å². The van der Waals surface area contributed by atoms with E-state index in [1.165, 1.54) is 0 Å². The normalized spacial score (nSPS) is 16.3. The highest BCUT2D eigenvalue weighted by Gasteiger charge is 2.19. The molecular formula is C52H32O. The SMILES string of the molecule is [2H]c1c([2H])c([2H])c(-c2c([2H])c([2H])c3c(oc4c(-c5c([2H])c([2H])c6c([2H])c([2H])c([2H])c(-c7c8ccccc8c(-c8ccc9ccccc9c8)c8ccccc78)c6c5[2H])c([2H])c([2H])c([2H])c43)c2[2H])c([2H])c1[2H]. The van der Waals surface area contributed by atoms with Gasteiger partial charge in [-0.25, -0.2) is 0 Å². The van der Waals surface area contributed by atoms with Crippen molar-refractivity contribution in [2.45, 2.75) is 0 Å². The maximum atomic E-state index is 10.1. The maximum Gasteiger partial charge on any atom is 0.143 e. The third-order valence-corrected chi connectivity index (χ3v) is 9.72. The summed E-state index contributed by atoms with van der Waals surface area (Å²) in [6.45, 7) is 0. The summed E-state index contributed by atoms with van der Waals surface area (Å²) >= 11 is 0. The van der Waals surface area contributed by atoms with Crippen LogP contribution in [0.25, 0.3) is 110 Å². The minimum absolute atomic E-state index is 0.00667. The molecular weight excluding hydrogens is 641 g/mol. The van der Waals surface area contributed by atoms with Crippen molar-refractivity contribution in [1.29, 1.82) is 0 Å². The molecule has 0 radical (unpaired) electrons. The van der Waals surface area contributed by atoms with Crippen molar-refractivity contribution in [3.05, 3.63) is 194 Å². The van der Waals surface area contributed by atoms with Crippen molar-refractivity contribution in [2.24, 2.45) is 0 Å². The van der Waals surface area contributed by atoms with Gasteiger partial charge in [-0.2, -0.15) is 0 Å². The molecule has 1 nitrogen and oxygen atoms in total. The molecule has 0 fully saturated rings. The molecule has 0 bridgehead atoms. The minimum atomic E-state index is -0.756.